The number of carbonyl (C=O) groups excluding carboxylic acids is 1. The third kappa shape index (κ3) is 4.72. The Morgan fingerprint density at radius 1 is 0.829 bits per heavy atom. The van der Waals surface area contributed by atoms with Crippen molar-refractivity contribution in [3.05, 3.63) is 111 Å². The van der Waals surface area contributed by atoms with Crippen molar-refractivity contribution in [2.24, 2.45) is 0 Å². The van der Waals surface area contributed by atoms with Crippen molar-refractivity contribution in [3.8, 4) is 11.3 Å². The maximum atomic E-state index is 13.6. The third-order valence-corrected chi connectivity index (χ3v) is 7.10. The molecule has 3 aromatic carbocycles. The minimum atomic E-state index is -0.120. The van der Waals surface area contributed by atoms with E-state index in [1.807, 2.05) is 17.0 Å². The van der Waals surface area contributed by atoms with E-state index in [4.69, 9.17) is 27.7 Å². The van der Waals surface area contributed by atoms with Crippen molar-refractivity contribution in [3.63, 3.8) is 0 Å². The lowest BCUT2D eigenvalue weighted by atomic mass is 9.96. The van der Waals surface area contributed by atoms with E-state index in [-0.39, 0.29) is 11.9 Å². The predicted molar refractivity (Wildman–Crippen MR) is 139 cm³/mol. The van der Waals surface area contributed by atoms with Crippen LogP contribution in [0.5, 0.6) is 0 Å². The zero-order valence-electron chi connectivity index (χ0n) is 19.3. The lowest BCUT2D eigenvalue weighted by molar-refractivity contribution is 0.0596. The fraction of sp³-hybridized carbons (Fsp3) is 0.214. The van der Waals surface area contributed by atoms with Crippen LogP contribution in [0.4, 0.5) is 0 Å². The number of piperazine rings is 1. The molecule has 1 aliphatic heterocycles. The predicted octanol–water partition coefficient (Wildman–Crippen LogP) is 6.50. The van der Waals surface area contributed by atoms with Crippen LogP contribution >= 0.6 is 23.2 Å². The van der Waals surface area contributed by atoms with Gasteiger partial charge in [-0.3, -0.25) is 9.69 Å². The van der Waals surface area contributed by atoms with E-state index in [0.717, 1.165) is 13.1 Å². The van der Waals surface area contributed by atoms with Crippen LogP contribution in [0.25, 0.3) is 11.3 Å². The number of rotatable bonds is 5. The molecule has 5 nitrogen and oxygen atoms in total. The summed E-state index contributed by atoms with van der Waals surface area (Å²) in [5.41, 5.74) is 3.80. The summed E-state index contributed by atoms with van der Waals surface area (Å²) in [6.07, 6.45) is 0. The summed E-state index contributed by atoms with van der Waals surface area (Å²) in [6, 6.07) is 26.3. The van der Waals surface area contributed by atoms with Gasteiger partial charge in [-0.1, -0.05) is 95.1 Å². The molecule has 178 valence electrons. The van der Waals surface area contributed by atoms with E-state index < -0.39 is 0 Å². The molecule has 1 saturated heterocycles. The van der Waals surface area contributed by atoms with E-state index in [2.05, 4.69) is 58.6 Å². The molecule has 0 spiro atoms. The fourth-order valence-corrected chi connectivity index (χ4v) is 5.32. The van der Waals surface area contributed by atoms with Crippen LogP contribution in [-0.4, -0.2) is 47.0 Å². The van der Waals surface area contributed by atoms with Crippen LogP contribution in [0, 0.1) is 6.92 Å². The first kappa shape index (κ1) is 23.6. The normalized spacial score (nSPS) is 14.5. The highest BCUT2D eigenvalue weighted by Gasteiger charge is 2.32. The zero-order valence-corrected chi connectivity index (χ0v) is 20.8. The van der Waals surface area contributed by atoms with Gasteiger partial charge in [-0.2, -0.15) is 0 Å². The molecule has 0 bridgehead atoms. The second kappa shape index (κ2) is 10.2. The largest absolute Gasteiger partial charge is 0.360 e. The first-order chi connectivity index (χ1) is 17.0. The number of aryl methyl sites for hydroxylation is 1. The van der Waals surface area contributed by atoms with E-state index in [1.54, 1.807) is 25.1 Å². The van der Waals surface area contributed by atoms with E-state index in [9.17, 15) is 4.79 Å². The van der Waals surface area contributed by atoms with Crippen molar-refractivity contribution >= 4 is 29.1 Å². The Morgan fingerprint density at radius 3 is 1.91 bits per heavy atom. The number of aromatic nitrogens is 1. The van der Waals surface area contributed by atoms with Crippen molar-refractivity contribution in [1.82, 2.24) is 15.0 Å². The molecular weight excluding hydrogens is 481 g/mol. The molecule has 0 atom stereocenters. The monoisotopic (exact) mass is 505 g/mol. The Balaban J connectivity index is 1.39. The number of nitrogens with zero attached hydrogens (tertiary/aromatic N) is 3. The number of carbonyl (C=O) groups is 1. The van der Waals surface area contributed by atoms with Crippen LogP contribution in [0.15, 0.2) is 83.4 Å². The molecule has 0 unspecified atom stereocenters. The Morgan fingerprint density at radius 2 is 1.37 bits per heavy atom. The van der Waals surface area contributed by atoms with Crippen molar-refractivity contribution in [1.29, 1.82) is 0 Å². The molecule has 1 amide bonds. The molecule has 2 heterocycles. The van der Waals surface area contributed by atoms with Crippen LogP contribution in [0.1, 0.15) is 33.3 Å². The van der Waals surface area contributed by atoms with Crippen LogP contribution in [-0.2, 0) is 0 Å². The molecule has 1 aromatic heterocycles. The number of halogens is 2. The Hall–Kier alpha value is -3.12. The van der Waals surface area contributed by atoms with E-state index in [1.165, 1.54) is 11.1 Å². The van der Waals surface area contributed by atoms with Crippen molar-refractivity contribution < 1.29 is 9.32 Å². The topological polar surface area (TPSA) is 49.6 Å². The first-order valence-corrected chi connectivity index (χ1v) is 12.3. The molecule has 0 aliphatic carbocycles. The molecule has 1 aliphatic rings. The first-order valence-electron chi connectivity index (χ1n) is 11.6. The molecule has 0 radical (unpaired) electrons. The van der Waals surface area contributed by atoms with Gasteiger partial charge in [0.25, 0.3) is 5.91 Å². The SMILES string of the molecule is Cc1onc(-c2c(Cl)cccc2Cl)c1C(=O)N1CCN(C(c2ccccc2)c2ccccc2)CC1. The van der Waals surface area contributed by atoms with Gasteiger partial charge in [0.05, 0.1) is 16.1 Å². The van der Waals surface area contributed by atoms with Gasteiger partial charge < -0.3 is 9.42 Å². The highest BCUT2D eigenvalue weighted by molar-refractivity contribution is 6.39. The molecule has 0 N–H and O–H groups in total. The van der Waals surface area contributed by atoms with Crippen LogP contribution in [0.2, 0.25) is 10.0 Å². The molecule has 1 fully saturated rings. The lowest BCUT2D eigenvalue weighted by Gasteiger charge is -2.39. The van der Waals surface area contributed by atoms with Crippen molar-refractivity contribution in [2.75, 3.05) is 26.2 Å². The van der Waals surface area contributed by atoms with Crippen LogP contribution in [0.3, 0.4) is 0 Å². The second-order valence-corrected chi connectivity index (χ2v) is 9.43. The maximum absolute atomic E-state index is 13.6. The van der Waals surface area contributed by atoms with Crippen molar-refractivity contribution in [2.45, 2.75) is 13.0 Å². The maximum Gasteiger partial charge on any atom is 0.259 e. The zero-order chi connectivity index (χ0) is 24.4. The van der Waals surface area contributed by atoms with E-state index in [0.29, 0.717) is 45.7 Å². The fourth-order valence-electron chi connectivity index (χ4n) is 4.74. The summed E-state index contributed by atoms with van der Waals surface area (Å²) in [5.74, 6) is 0.334. The quantitative estimate of drug-likeness (QED) is 0.310. The molecule has 0 saturated carbocycles. The average molecular weight is 506 g/mol. The third-order valence-electron chi connectivity index (χ3n) is 6.47. The molecule has 5 rings (SSSR count). The van der Waals surface area contributed by atoms with Gasteiger partial charge in [0.2, 0.25) is 0 Å². The number of benzene rings is 3. The number of hydrogen-bond acceptors (Lipinski definition) is 4. The minimum absolute atomic E-state index is 0.120. The van der Waals surface area contributed by atoms with E-state index >= 15 is 0 Å². The smallest absolute Gasteiger partial charge is 0.259 e. The minimum Gasteiger partial charge on any atom is -0.360 e. The van der Waals surface area contributed by atoms with Gasteiger partial charge in [-0.05, 0) is 30.2 Å². The van der Waals surface area contributed by atoms with Gasteiger partial charge in [-0.25, -0.2) is 0 Å². The van der Waals surface area contributed by atoms with Gasteiger partial charge in [0, 0.05) is 31.7 Å². The Labute approximate surface area is 214 Å². The van der Waals surface area contributed by atoms with Gasteiger partial charge in [-0.15, -0.1) is 0 Å². The summed E-state index contributed by atoms with van der Waals surface area (Å²) in [5, 5.41) is 5.00. The molecule has 4 aromatic rings. The lowest BCUT2D eigenvalue weighted by Crippen LogP contribution is -2.50. The summed E-state index contributed by atoms with van der Waals surface area (Å²) in [4.78, 5) is 17.9. The highest BCUT2D eigenvalue weighted by Crippen LogP contribution is 2.37. The molecular formula is C28H25Cl2N3O2. The van der Waals surface area contributed by atoms with Crippen LogP contribution < -0.4 is 0 Å². The summed E-state index contributed by atoms with van der Waals surface area (Å²) in [7, 11) is 0. The van der Waals surface area contributed by atoms with Gasteiger partial charge in [0.15, 0.2) is 0 Å². The van der Waals surface area contributed by atoms with Gasteiger partial charge >= 0.3 is 0 Å². The Kier molecular flexibility index (Phi) is 6.91. The number of amides is 1. The molecule has 35 heavy (non-hydrogen) atoms. The summed E-state index contributed by atoms with van der Waals surface area (Å²) < 4.78 is 5.42. The summed E-state index contributed by atoms with van der Waals surface area (Å²) >= 11 is 12.8. The average Bonchev–Trinajstić information content (AvgIpc) is 3.26. The Bertz CT molecular complexity index is 1260. The van der Waals surface area contributed by atoms with Gasteiger partial charge in [0.1, 0.15) is 17.0 Å². The second-order valence-electron chi connectivity index (χ2n) is 8.61. The highest BCUT2D eigenvalue weighted by atomic mass is 35.5. The number of hydrogen-bond donors (Lipinski definition) is 0. The summed E-state index contributed by atoms with van der Waals surface area (Å²) in [6.45, 7) is 4.41. The molecule has 7 heteroatoms. The standard InChI is InChI=1S/C28H25Cl2N3O2/c1-19-24(26(31-35-19)25-22(29)13-8-14-23(25)30)28(34)33-17-15-32(16-18-33)27(20-9-4-2-5-10-20)21-11-6-3-7-12-21/h2-14,27H,15-18H2,1H3.